The molecule has 0 amide bonds. The fourth-order valence-electron chi connectivity index (χ4n) is 1.58. The number of fused-ring (bicyclic) bond motifs is 1. The number of para-hydroxylation sites is 1. The lowest BCUT2D eigenvalue weighted by molar-refractivity contribution is 0.971. The minimum Gasteiger partial charge on any atom is -0.246 e. The summed E-state index contributed by atoms with van der Waals surface area (Å²) in [6.07, 6.45) is 3.53. The second-order valence-electron chi connectivity index (χ2n) is 3.31. The van der Waals surface area contributed by atoms with Gasteiger partial charge >= 0.3 is 0 Å². The van der Waals surface area contributed by atoms with E-state index in [2.05, 4.69) is 15.5 Å². The molecule has 3 nitrogen and oxygen atoms in total. The Morgan fingerprint density at radius 2 is 1.87 bits per heavy atom. The molecule has 0 bridgehead atoms. The van der Waals surface area contributed by atoms with Gasteiger partial charge in [0.1, 0.15) is 5.71 Å². The molecule has 1 aliphatic heterocycles. The molecule has 0 saturated carbocycles. The second-order valence-corrected chi connectivity index (χ2v) is 3.31. The summed E-state index contributed by atoms with van der Waals surface area (Å²) in [5.41, 5.74) is 6.46. The SMILES string of the molecule is C1=CC(c2ccc3ccccc3n2)=N[N]1. The maximum atomic E-state index is 4.52. The van der Waals surface area contributed by atoms with Crippen LogP contribution in [0, 0.1) is 0 Å². The second kappa shape index (κ2) is 3.20. The van der Waals surface area contributed by atoms with Gasteiger partial charge in [0.05, 0.1) is 17.4 Å². The van der Waals surface area contributed by atoms with E-state index in [1.54, 1.807) is 6.20 Å². The third-order valence-electron chi connectivity index (χ3n) is 2.33. The molecule has 0 atom stereocenters. The molecule has 71 valence electrons. The molecule has 2 heterocycles. The van der Waals surface area contributed by atoms with E-state index >= 15 is 0 Å². The highest BCUT2D eigenvalue weighted by molar-refractivity contribution is 6.08. The average Bonchev–Trinajstić information content (AvgIpc) is 2.82. The van der Waals surface area contributed by atoms with E-state index in [0.717, 1.165) is 22.3 Å². The zero-order valence-electron chi connectivity index (χ0n) is 7.96. The van der Waals surface area contributed by atoms with E-state index < -0.39 is 0 Å². The molecule has 3 heteroatoms. The standard InChI is InChI=1S/C12H8N3/c1-2-4-10-9(3-1)5-6-11(14-10)12-7-8-13-15-12/h1-8H. The molecule has 0 aliphatic carbocycles. The summed E-state index contributed by atoms with van der Waals surface area (Å²) in [5, 5.41) is 5.12. The Hall–Kier alpha value is -2.16. The smallest absolute Gasteiger partial charge is 0.113 e. The molecular weight excluding hydrogens is 186 g/mol. The van der Waals surface area contributed by atoms with Gasteiger partial charge in [-0.3, -0.25) is 0 Å². The number of pyridine rings is 1. The number of nitrogens with zero attached hydrogens (tertiary/aromatic N) is 3. The van der Waals surface area contributed by atoms with Crippen LogP contribution in [0.3, 0.4) is 0 Å². The molecule has 0 N–H and O–H groups in total. The van der Waals surface area contributed by atoms with Gasteiger partial charge in [0.2, 0.25) is 0 Å². The first-order valence-corrected chi connectivity index (χ1v) is 4.74. The molecule has 1 aliphatic rings. The number of hydrogen-bond acceptors (Lipinski definition) is 2. The van der Waals surface area contributed by atoms with Crippen LogP contribution >= 0.6 is 0 Å². The van der Waals surface area contributed by atoms with Gasteiger partial charge in [-0.2, -0.15) is 5.43 Å². The van der Waals surface area contributed by atoms with Gasteiger partial charge in [0.25, 0.3) is 0 Å². The first-order chi connectivity index (χ1) is 7.43. The van der Waals surface area contributed by atoms with Crippen molar-refractivity contribution in [2.45, 2.75) is 0 Å². The summed E-state index contributed by atoms with van der Waals surface area (Å²) in [6, 6.07) is 12.0. The van der Waals surface area contributed by atoms with Crippen molar-refractivity contribution < 1.29 is 0 Å². The van der Waals surface area contributed by atoms with Crippen molar-refractivity contribution in [2.75, 3.05) is 0 Å². The molecule has 2 aromatic rings. The van der Waals surface area contributed by atoms with E-state index in [-0.39, 0.29) is 0 Å². The lowest BCUT2D eigenvalue weighted by Gasteiger charge is -1.99. The van der Waals surface area contributed by atoms with Crippen LogP contribution in [0.15, 0.2) is 53.8 Å². The van der Waals surface area contributed by atoms with Crippen molar-refractivity contribution in [1.29, 1.82) is 0 Å². The van der Waals surface area contributed by atoms with Crippen molar-refractivity contribution in [1.82, 2.24) is 10.4 Å². The van der Waals surface area contributed by atoms with E-state index in [4.69, 9.17) is 0 Å². The van der Waals surface area contributed by atoms with Crippen LogP contribution in [0.25, 0.3) is 10.9 Å². The monoisotopic (exact) mass is 194 g/mol. The molecule has 15 heavy (non-hydrogen) atoms. The summed E-state index contributed by atoms with van der Waals surface area (Å²) in [6.45, 7) is 0. The Kier molecular flexibility index (Phi) is 1.75. The summed E-state index contributed by atoms with van der Waals surface area (Å²) in [7, 11) is 0. The van der Waals surface area contributed by atoms with Crippen LogP contribution < -0.4 is 5.43 Å². The van der Waals surface area contributed by atoms with Gasteiger partial charge in [-0.15, -0.1) is 5.10 Å². The fraction of sp³-hybridized carbons (Fsp3) is 0. The fourth-order valence-corrected chi connectivity index (χ4v) is 1.58. The number of rotatable bonds is 1. The Morgan fingerprint density at radius 3 is 2.73 bits per heavy atom. The first kappa shape index (κ1) is 8.17. The Labute approximate surface area is 87.1 Å². The highest BCUT2D eigenvalue weighted by atomic mass is 15.3. The van der Waals surface area contributed by atoms with Crippen LogP contribution in [0.4, 0.5) is 0 Å². The van der Waals surface area contributed by atoms with Crippen LogP contribution in [0.1, 0.15) is 5.69 Å². The Balaban J connectivity index is 2.17. The molecule has 1 aromatic heterocycles. The Morgan fingerprint density at radius 1 is 0.933 bits per heavy atom. The zero-order valence-corrected chi connectivity index (χ0v) is 7.96. The first-order valence-electron chi connectivity index (χ1n) is 4.74. The van der Waals surface area contributed by atoms with Crippen LogP contribution in [-0.4, -0.2) is 10.7 Å². The van der Waals surface area contributed by atoms with Crippen LogP contribution in [0.2, 0.25) is 0 Å². The topological polar surface area (TPSA) is 39.4 Å². The third kappa shape index (κ3) is 1.38. The number of allylic oxidation sites excluding steroid dienone is 1. The summed E-state index contributed by atoms with van der Waals surface area (Å²) in [5.74, 6) is 0. The number of aromatic nitrogens is 1. The summed E-state index contributed by atoms with van der Waals surface area (Å²) < 4.78 is 0. The normalized spacial score (nSPS) is 14.0. The minimum atomic E-state index is 0.820. The summed E-state index contributed by atoms with van der Waals surface area (Å²) >= 11 is 0. The average molecular weight is 194 g/mol. The van der Waals surface area contributed by atoms with Gasteiger partial charge in [0.15, 0.2) is 0 Å². The van der Waals surface area contributed by atoms with Crippen LogP contribution in [-0.2, 0) is 0 Å². The minimum absolute atomic E-state index is 0.820. The zero-order chi connectivity index (χ0) is 10.1. The molecule has 3 rings (SSSR count). The molecule has 0 fully saturated rings. The highest BCUT2D eigenvalue weighted by Crippen LogP contribution is 2.13. The highest BCUT2D eigenvalue weighted by Gasteiger charge is 2.06. The van der Waals surface area contributed by atoms with Gasteiger partial charge < -0.3 is 0 Å². The van der Waals surface area contributed by atoms with Crippen molar-refractivity contribution >= 4 is 16.6 Å². The van der Waals surface area contributed by atoms with Gasteiger partial charge in [-0.1, -0.05) is 24.3 Å². The van der Waals surface area contributed by atoms with Crippen molar-refractivity contribution in [3.63, 3.8) is 0 Å². The molecule has 0 saturated heterocycles. The molecular formula is C12H8N3. The molecule has 0 unspecified atom stereocenters. The van der Waals surface area contributed by atoms with Gasteiger partial charge in [-0.25, -0.2) is 4.98 Å². The molecule has 0 spiro atoms. The maximum Gasteiger partial charge on any atom is 0.113 e. The van der Waals surface area contributed by atoms with Crippen molar-refractivity contribution in [3.05, 3.63) is 54.4 Å². The Bertz CT molecular complexity index is 570. The quantitative estimate of drug-likeness (QED) is 0.685. The summed E-state index contributed by atoms with van der Waals surface area (Å²) in [4.78, 5) is 4.52. The largest absolute Gasteiger partial charge is 0.246 e. The third-order valence-corrected chi connectivity index (χ3v) is 2.33. The lowest BCUT2D eigenvalue weighted by Crippen LogP contribution is -1.98. The van der Waals surface area contributed by atoms with E-state index in [1.165, 1.54) is 0 Å². The predicted octanol–water partition coefficient (Wildman–Crippen LogP) is 2.07. The van der Waals surface area contributed by atoms with E-state index in [0.29, 0.717) is 0 Å². The van der Waals surface area contributed by atoms with E-state index in [9.17, 15) is 0 Å². The number of benzene rings is 1. The van der Waals surface area contributed by atoms with Gasteiger partial charge in [0, 0.05) is 5.39 Å². The molecule has 1 aromatic carbocycles. The van der Waals surface area contributed by atoms with Gasteiger partial charge in [-0.05, 0) is 18.2 Å². The lowest BCUT2D eigenvalue weighted by atomic mass is 10.1. The number of hydrogen-bond donors (Lipinski definition) is 0. The van der Waals surface area contributed by atoms with Crippen LogP contribution in [0.5, 0.6) is 0 Å². The molecule has 1 radical (unpaired) electrons. The maximum absolute atomic E-state index is 4.52. The van der Waals surface area contributed by atoms with E-state index in [1.807, 2.05) is 42.5 Å². The van der Waals surface area contributed by atoms with Crippen molar-refractivity contribution in [2.24, 2.45) is 5.10 Å². The van der Waals surface area contributed by atoms with Crippen molar-refractivity contribution in [3.8, 4) is 0 Å². The predicted molar refractivity (Wildman–Crippen MR) is 59.6 cm³/mol.